The van der Waals surface area contributed by atoms with Crippen LogP contribution in [-0.2, 0) is 9.53 Å². The summed E-state index contributed by atoms with van der Waals surface area (Å²) in [4.78, 5) is 18.1. The van der Waals surface area contributed by atoms with Crippen molar-refractivity contribution in [2.75, 3.05) is 60.0 Å². The first kappa shape index (κ1) is 13.8. The molecule has 0 radical (unpaired) electrons. The summed E-state index contributed by atoms with van der Waals surface area (Å²) in [6.45, 7) is 6.58. The summed E-state index contributed by atoms with van der Waals surface area (Å²) in [6, 6.07) is 0. The number of rotatable bonds is 5. The van der Waals surface area contributed by atoms with E-state index in [1.54, 1.807) is 0 Å². The summed E-state index contributed by atoms with van der Waals surface area (Å²) >= 11 is 0. The van der Waals surface area contributed by atoms with Gasteiger partial charge in [0.15, 0.2) is 0 Å². The third-order valence-corrected chi connectivity index (χ3v) is 3.65. The van der Waals surface area contributed by atoms with Gasteiger partial charge in [0.25, 0.3) is 0 Å². The molecule has 2 heterocycles. The molecule has 0 N–H and O–H groups in total. The Morgan fingerprint density at radius 2 is 2.17 bits per heavy atom. The summed E-state index contributed by atoms with van der Waals surface area (Å²) in [7, 11) is 4.15. The van der Waals surface area contributed by atoms with Crippen LogP contribution in [0.2, 0.25) is 0 Å². The largest absolute Gasteiger partial charge is 0.374 e. The van der Waals surface area contributed by atoms with Crippen molar-refractivity contribution >= 4 is 5.91 Å². The number of carbonyl (C=O) groups excluding carboxylic acids is 1. The van der Waals surface area contributed by atoms with Crippen LogP contribution in [0.4, 0.5) is 0 Å². The third-order valence-electron chi connectivity index (χ3n) is 3.65. The van der Waals surface area contributed by atoms with E-state index >= 15 is 0 Å². The van der Waals surface area contributed by atoms with Gasteiger partial charge in [0.2, 0.25) is 5.91 Å². The highest BCUT2D eigenvalue weighted by atomic mass is 16.5. The zero-order valence-electron chi connectivity index (χ0n) is 11.6. The van der Waals surface area contributed by atoms with E-state index in [9.17, 15) is 4.79 Å². The second-order valence-electron chi connectivity index (χ2n) is 5.54. The first-order chi connectivity index (χ1) is 8.65. The first-order valence-corrected chi connectivity index (χ1v) is 6.91. The van der Waals surface area contributed by atoms with Gasteiger partial charge in [-0.1, -0.05) is 0 Å². The molecule has 5 heteroatoms. The van der Waals surface area contributed by atoms with E-state index in [2.05, 4.69) is 23.9 Å². The van der Waals surface area contributed by atoms with Gasteiger partial charge in [-0.05, 0) is 20.5 Å². The van der Waals surface area contributed by atoms with Gasteiger partial charge in [-0.15, -0.1) is 0 Å². The van der Waals surface area contributed by atoms with Crippen molar-refractivity contribution < 1.29 is 9.53 Å². The molecule has 2 aliphatic rings. The fourth-order valence-electron chi connectivity index (χ4n) is 2.70. The van der Waals surface area contributed by atoms with Crippen LogP contribution in [0.25, 0.3) is 0 Å². The molecule has 18 heavy (non-hydrogen) atoms. The van der Waals surface area contributed by atoms with Crippen molar-refractivity contribution in [3.05, 3.63) is 0 Å². The van der Waals surface area contributed by atoms with E-state index in [4.69, 9.17) is 4.74 Å². The van der Waals surface area contributed by atoms with Gasteiger partial charge in [-0.2, -0.15) is 0 Å². The highest BCUT2D eigenvalue weighted by molar-refractivity contribution is 5.78. The predicted octanol–water partition coefficient (Wildman–Crippen LogP) is -0.129. The highest BCUT2D eigenvalue weighted by Crippen LogP contribution is 2.10. The summed E-state index contributed by atoms with van der Waals surface area (Å²) < 4.78 is 5.75. The van der Waals surface area contributed by atoms with Crippen molar-refractivity contribution in [3.8, 4) is 0 Å². The van der Waals surface area contributed by atoms with Gasteiger partial charge in [0.05, 0.1) is 12.7 Å². The minimum absolute atomic E-state index is 0.308. The van der Waals surface area contributed by atoms with Gasteiger partial charge in [-0.25, -0.2) is 0 Å². The second-order valence-corrected chi connectivity index (χ2v) is 5.54. The summed E-state index contributed by atoms with van der Waals surface area (Å²) in [6.07, 6.45) is 2.08. The molecule has 2 aliphatic heterocycles. The normalized spacial score (nSPS) is 26.3. The van der Waals surface area contributed by atoms with Crippen molar-refractivity contribution in [1.82, 2.24) is 14.7 Å². The quantitative estimate of drug-likeness (QED) is 0.686. The van der Waals surface area contributed by atoms with Crippen LogP contribution >= 0.6 is 0 Å². The molecule has 0 unspecified atom stereocenters. The van der Waals surface area contributed by atoms with Gasteiger partial charge in [0, 0.05) is 45.7 Å². The van der Waals surface area contributed by atoms with E-state index in [1.165, 1.54) is 0 Å². The van der Waals surface area contributed by atoms with Crippen molar-refractivity contribution in [3.63, 3.8) is 0 Å². The lowest BCUT2D eigenvalue weighted by Gasteiger charge is -2.34. The molecule has 0 aromatic rings. The maximum absolute atomic E-state index is 11.5. The van der Waals surface area contributed by atoms with Crippen molar-refractivity contribution in [2.24, 2.45) is 0 Å². The fraction of sp³-hybridized carbons (Fsp3) is 0.923. The van der Waals surface area contributed by atoms with Crippen LogP contribution in [0.1, 0.15) is 12.8 Å². The Morgan fingerprint density at radius 1 is 1.33 bits per heavy atom. The zero-order chi connectivity index (χ0) is 13.0. The van der Waals surface area contributed by atoms with Gasteiger partial charge < -0.3 is 14.5 Å². The number of ether oxygens (including phenoxy) is 1. The van der Waals surface area contributed by atoms with Gasteiger partial charge in [0.1, 0.15) is 0 Å². The van der Waals surface area contributed by atoms with Crippen LogP contribution < -0.4 is 0 Å². The predicted molar refractivity (Wildman–Crippen MR) is 70.5 cm³/mol. The number of hydrogen-bond acceptors (Lipinski definition) is 4. The number of hydrogen-bond donors (Lipinski definition) is 0. The van der Waals surface area contributed by atoms with Crippen LogP contribution in [0.15, 0.2) is 0 Å². The van der Waals surface area contributed by atoms with E-state index in [0.717, 1.165) is 58.7 Å². The van der Waals surface area contributed by atoms with Gasteiger partial charge in [-0.3, -0.25) is 9.69 Å². The SMILES string of the molecule is CN(C)C[C@H]1CN(CCN2CCCC2=O)CCO1. The molecule has 0 saturated carbocycles. The van der Waals surface area contributed by atoms with E-state index in [1.807, 2.05) is 4.90 Å². The third kappa shape index (κ3) is 3.93. The molecule has 0 aliphatic carbocycles. The minimum Gasteiger partial charge on any atom is -0.374 e. The molecule has 0 aromatic carbocycles. The Balaban J connectivity index is 1.70. The molecular weight excluding hydrogens is 230 g/mol. The molecular formula is C13H25N3O2. The molecule has 2 fully saturated rings. The molecule has 2 rings (SSSR count). The number of likely N-dealkylation sites (N-methyl/N-ethyl adjacent to an activating group) is 1. The molecule has 5 nitrogen and oxygen atoms in total. The zero-order valence-corrected chi connectivity index (χ0v) is 11.6. The first-order valence-electron chi connectivity index (χ1n) is 6.91. The molecule has 2 saturated heterocycles. The van der Waals surface area contributed by atoms with Crippen LogP contribution in [0.5, 0.6) is 0 Å². The van der Waals surface area contributed by atoms with E-state index < -0.39 is 0 Å². The lowest BCUT2D eigenvalue weighted by Crippen LogP contribution is -2.48. The molecule has 1 atom stereocenters. The number of likely N-dealkylation sites (tertiary alicyclic amines) is 1. The summed E-state index contributed by atoms with van der Waals surface area (Å²) in [5, 5.41) is 0. The van der Waals surface area contributed by atoms with Crippen LogP contribution in [0, 0.1) is 0 Å². The Morgan fingerprint density at radius 3 is 2.83 bits per heavy atom. The Kier molecular flexibility index (Phi) is 4.97. The molecule has 0 bridgehead atoms. The number of amides is 1. The van der Waals surface area contributed by atoms with Crippen molar-refractivity contribution in [2.45, 2.75) is 18.9 Å². The summed E-state index contributed by atoms with van der Waals surface area (Å²) in [5.74, 6) is 0.327. The van der Waals surface area contributed by atoms with E-state index in [0.29, 0.717) is 12.0 Å². The van der Waals surface area contributed by atoms with Crippen LogP contribution in [-0.4, -0.2) is 86.7 Å². The summed E-state index contributed by atoms with van der Waals surface area (Å²) in [5.41, 5.74) is 0. The smallest absolute Gasteiger partial charge is 0.222 e. The molecule has 104 valence electrons. The standard InChI is InChI=1S/C13H25N3O2/c1-14(2)10-12-11-15(8-9-18-12)6-7-16-5-3-4-13(16)17/h12H,3-11H2,1-2H3/t12-/m0/s1. The Labute approximate surface area is 110 Å². The lowest BCUT2D eigenvalue weighted by molar-refractivity contribution is -0.128. The molecule has 0 spiro atoms. The topological polar surface area (TPSA) is 36.0 Å². The number of morpholine rings is 1. The van der Waals surface area contributed by atoms with Crippen LogP contribution in [0.3, 0.4) is 0 Å². The molecule has 1 amide bonds. The van der Waals surface area contributed by atoms with Gasteiger partial charge >= 0.3 is 0 Å². The Bertz CT molecular complexity index is 283. The van der Waals surface area contributed by atoms with E-state index in [-0.39, 0.29) is 0 Å². The average Bonchev–Trinajstić information content (AvgIpc) is 2.72. The monoisotopic (exact) mass is 255 g/mol. The number of carbonyl (C=O) groups is 1. The number of nitrogens with zero attached hydrogens (tertiary/aromatic N) is 3. The Hall–Kier alpha value is -0.650. The highest BCUT2D eigenvalue weighted by Gasteiger charge is 2.24. The average molecular weight is 255 g/mol. The second kappa shape index (κ2) is 6.50. The van der Waals surface area contributed by atoms with Crippen molar-refractivity contribution in [1.29, 1.82) is 0 Å². The molecule has 0 aromatic heterocycles. The lowest BCUT2D eigenvalue weighted by atomic mass is 10.2. The maximum atomic E-state index is 11.5. The maximum Gasteiger partial charge on any atom is 0.222 e. The minimum atomic E-state index is 0.308. The fourth-order valence-corrected chi connectivity index (χ4v) is 2.70.